The Hall–Kier alpha value is -0.440. The first-order valence-corrected chi connectivity index (χ1v) is 6.23. The van der Waals surface area contributed by atoms with E-state index in [-0.39, 0.29) is 10.8 Å². The summed E-state index contributed by atoms with van der Waals surface area (Å²) >= 11 is 0. The maximum Gasteiger partial charge on any atom is 0.109 e. The maximum atomic E-state index is 12.1. The molecule has 5 heteroatoms. The fourth-order valence-electron chi connectivity index (χ4n) is 1.58. The fraction of sp³-hybridized carbons (Fsp3) is 0.900. The standard InChI is InChI=1S/C10H18N2O2S/c1-10(2,3)15(14)12-7-9(13)5-4-8(12)6-11/h8-9,13H,4-5,7H2,1-3H3/t8-,9-,15?/m0/s1. The number of nitriles is 1. The van der Waals surface area contributed by atoms with E-state index >= 15 is 0 Å². The van der Waals surface area contributed by atoms with Crippen LogP contribution in [0.25, 0.3) is 0 Å². The van der Waals surface area contributed by atoms with Gasteiger partial charge in [-0.15, -0.1) is 0 Å². The third-order valence-electron chi connectivity index (χ3n) is 2.40. The molecule has 1 rings (SSSR count). The molecule has 86 valence electrons. The first kappa shape index (κ1) is 12.6. The molecule has 3 atom stereocenters. The Bertz CT molecular complexity index is 293. The van der Waals surface area contributed by atoms with E-state index in [9.17, 15) is 9.32 Å². The molecule has 0 bridgehead atoms. The molecule has 1 fully saturated rings. The number of aliphatic hydroxyl groups excluding tert-OH is 1. The minimum Gasteiger partial charge on any atom is -0.392 e. The number of hydrogen-bond donors (Lipinski definition) is 1. The summed E-state index contributed by atoms with van der Waals surface area (Å²) in [5.41, 5.74) is 0. The average molecular weight is 230 g/mol. The zero-order valence-electron chi connectivity index (χ0n) is 9.43. The van der Waals surface area contributed by atoms with Crippen LogP contribution in [0.2, 0.25) is 0 Å². The lowest BCUT2D eigenvalue weighted by molar-refractivity contribution is 0.0957. The first-order valence-electron chi connectivity index (χ1n) is 5.12. The van der Waals surface area contributed by atoms with Crippen LogP contribution in [-0.2, 0) is 11.0 Å². The highest BCUT2D eigenvalue weighted by atomic mass is 32.2. The molecule has 1 saturated heterocycles. The Morgan fingerprint density at radius 3 is 2.53 bits per heavy atom. The van der Waals surface area contributed by atoms with Crippen LogP contribution in [0, 0.1) is 11.3 Å². The van der Waals surface area contributed by atoms with Crippen LogP contribution in [0.4, 0.5) is 0 Å². The molecule has 1 aliphatic rings. The molecule has 1 N–H and O–H groups in total. The number of aliphatic hydroxyl groups is 1. The van der Waals surface area contributed by atoms with Gasteiger partial charge in [-0.3, -0.25) is 0 Å². The van der Waals surface area contributed by atoms with Crippen LogP contribution in [0.5, 0.6) is 0 Å². The van der Waals surface area contributed by atoms with E-state index in [4.69, 9.17) is 5.26 Å². The van der Waals surface area contributed by atoms with Gasteiger partial charge in [0.15, 0.2) is 0 Å². The van der Waals surface area contributed by atoms with Crippen LogP contribution in [-0.4, -0.2) is 37.1 Å². The van der Waals surface area contributed by atoms with Gasteiger partial charge < -0.3 is 5.11 Å². The number of piperidine rings is 1. The lowest BCUT2D eigenvalue weighted by Crippen LogP contribution is -2.50. The van der Waals surface area contributed by atoms with Gasteiger partial charge in [0, 0.05) is 6.54 Å². The zero-order chi connectivity index (χ0) is 11.6. The SMILES string of the molecule is CC(C)(C)S(=O)N1C[C@@H](O)CC[C@H]1C#N. The summed E-state index contributed by atoms with van der Waals surface area (Å²) in [7, 11) is -1.22. The van der Waals surface area contributed by atoms with Crippen molar-refractivity contribution < 1.29 is 9.32 Å². The minimum absolute atomic E-state index is 0.326. The number of rotatable bonds is 1. The molecular weight excluding hydrogens is 212 g/mol. The highest BCUT2D eigenvalue weighted by Crippen LogP contribution is 2.24. The predicted octanol–water partition coefficient (Wildman–Crippen LogP) is 0.797. The molecule has 0 aromatic rings. The van der Waals surface area contributed by atoms with Crippen LogP contribution in [0.15, 0.2) is 0 Å². The molecule has 0 spiro atoms. The van der Waals surface area contributed by atoms with Crippen molar-refractivity contribution in [2.75, 3.05) is 6.54 Å². The zero-order valence-corrected chi connectivity index (χ0v) is 10.3. The van der Waals surface area contributed by atoms with Crippen molar-refractivity contribution in [3.63, 3.8) is 0 Å². The average Bonchev–Trinajstić information content (AvgIpc) is 2.15. The van der Waals surface area contributed by atoms with Crippen LogP contribution < -0.4 is 0 Å². The summed E-state index contributed by atoms with van der Waals surface area (Å²) in [4.78, 5) is 0. The summed E-state index contributed by atoms with van der Waals surface area (Å²) in [6.07, 6.45) is 0.760. The molecule has 1 aliphatic heterocycles. The molecule has 15 heavy (non-hydrogen) atoms. The Morgan fingerprint density at radius 1 is 1.47 bits per heavy atom. The van der Waals surface area contributed by atoms with Gasteiger partial charge in [0.25, 0.3) is 0 Å². The van der Waals surface area contributed by atoms with Gasteiger partial charge in [-0.25, -0.2) is 8.51 Å². The second kappa shape index (κ2) is 4.60. The largest absolute Gasteiger partial charge is 0.392 e. The smallest absolute Gasteiger partial charge is 0.109 e. The van der Waals surface area contributed by atoms with Gasteiger partial charge in [0.05, 0.1) is 16.9 Å². The maximum absolute atomic E-state index is 12.1. The number of β-amino-alcohol motifs (C(OH)–C–C–N with tert-alkyl or cyclic N) is 1. The van der Waals surface area contributed by atoms with Gasteiger partial charge in [-0.2, -0.15) is 5.26 Å². The van der Waals surface area contributed by atoms with Crippen molar-refractivity contribution in [3.05, 3.63) is 0 Å². The summed E-state index contributed by atoms with van der Waals surface area (Å²) in [5.74, 6) is 0. The highest BCUT2D eigenvalue weighted by Gasteiger charge is 2.35. The predicted molar refractivity (Wildman–Crippen MR) is 59.2 cm³/mol. The quantitative estimate of drug-likeness (QED) is 0.724. The molecule has 0 aliphatic carbocycles. The summed E-state index contributed by atoms with van der Waals surface area (Å²) in [6.45, 7) is 5.96. The summed E-state index contributed by atoms with van der Waals surface area (Å²) < 4.78 is 13.3. The van der Waals surface area contributed by atoms with E-state index in [0.717, 1.165) is 0 Å². The van der Waals surface area contributed by atoms with Gasteiger partial charge in [-0.05, 0) is 33.6 Å². The lowest BCUT2D eigenvalue weighted by Gasteiger charge is -2.36. The van der Waals surface area contributed by atoms with Crippen molar-refractivity contribution in [1.29, 1.82) is 5.26 Å². The van der Waals surface area contributed by atoms with E-state index in [1.807, 2.05) is 20.8 Å². The number of hydrogen-bond acceptors (Lipinski definition) is 3. The van der Waals surface area contributed by atoms with Gasteiger partial charge >= 0.3 is 0 Å². The molecule has 1 heterocycles. The molecule has 0 amide bonds. The molecule has 0 aromatic heterocycles. The van der Waals surface area contributed by atoms with Gasteiger partial charge in [-0.1, -0.05) is 0 Å². The summed E-state index contributed by atoms with van der Waals surface area (Å²) in [6, 6.07) is 1.82. The van der Waals surface area contributed by atoms with Crippen molar-refractivity contribution >= 4 is 11.0 Å². The topological polar surface area (TPSA) is 64.3 Å². The molecule has 4 nitrogen and oxygen atoms in total. The monoisotopic (exact) mass is 230 g/mol. The number of nitrogens with zero attached hydrogens (tertiary/aromatic N) is 2. The van der Waals surface area contributed by atoms with E-state index in [0.29, 0.717) is 19.4 Å². The summed E-state index contributed by atoms with van der Waals surface area (Å²) in [5, 5.41) is 18.5. The highest BCUT2D eigenvalue weighted by molar-refractivity contribution is 7.84. The second-order valence-corrected chi connectivity index (χ2v) is 7.03. The van der Waals surface area contributed by atoms with E-state index < -0.39 is 17.1 Å². The third kappa shape index (κ3) is 3.00. The van der Waals surface area contributed by atoms with Gasteiger partial charge in [0.1, 0.15) is 17.0 Å². The van der Waals surface area contributed by atoms with Crippen LogP contribution in [0.3, 0.4) is 0 Å². The van der Waals surface area contributed by atoms with Crippen molar-refractivity contribution in [1.82, 2.24) is 4.31 Å². The Kier molecular flexibility index (Phi) is 3.87. The normalized spacial score (nSPS) is 30.9. The Balaban J connectivity index is 2.81. The Morgan fingerprint density at radius 2 is 2.07 bits per heavy atom. The van der Waals surface area contributed by atoms with Crippen LogP contribution in [0.1, 0.15) is 33.6 Å². The molecule has 0 aromatic carbocycles. The van der Waals surface area contributed by atoms with Crippen molar-refractivity contribution in [2.24, 2.45) is 0 Å². The van der Waals surface area contributed by atoms with Crippen molar-refractivity contribution in [2.45, 2.75) is 50.5 Å². The van der Waals surface area contributed by atoms with E-state index in [1.54, 1.807) is 4.31 Å². The van der Waals surface area contributed by atoms with Crippen molar-refractivity contribution in [3.8, 4) is 6.07 Å². The minimum atomic E-state index is -1.22. The molecule has 1 unspecified atom stereocenters. The van der Waals surface area contributed by atoms with E-state index in [1.165, 1.54) is 0 Å². The second-order valence-electron chi connectivity index (χ2n) is 4.84. The van der Waals surface area contributed by atoms with Crippen LogP contribution >= 0.6 is 0 Å². The van der Waals surface area contributed by atoms with E-state index in [2.05, 4.69) is 6.07 Å². The molecular formula is C10H18N2O2S. The Labute approximate surface area is 93.5 Å². The molecule has 0 radical (unpaired) electrons. The first-order chi connectivity index (χ1) is 6.86. The third-order valence-corrected chi connectivity index (χ3v) is 4.27. The molecule has 0 saturated carbocycles. The lowest BCUT2D eigenvalue weighted by atomic mass is 10.0. The van der Waals surface area contributed by atoms with Gasteiger partial charge in [0.2, 0.25) is 0 Å². The fourth-order valence-corrected chi connectivity index (χ4v) is 2.98.